The minimum Gasteiger partial charge on any atom is -0.378 e. The van der Waals surface area contributed by atoms with Crippen molar-refractivity contribution >= 4 is 5.91 Å². The van der Waals surface area contributed by atoms with Gasteiger partial charge in [-0.2, -0.15) is 5.10 Å². The molecule has 1 aliphatic rings. The first-order chi connectivity index (χ1) is 13.5. The smallest absolute Gasteiger partial charge is 0.255 e. The molecule has 0 bridgehead atoms. The van der Waals surface area contributed by atoms with E-state index < -0.39 is 0 Å². The second kappa shape index (κ2) is 9.87. The lowest BCUT2D eigenvalue weighted by molar-refractivity contribution is 0.0273. The van der Waals surface area contributed by atoms with Crippen LogP contribution >= 0.6 is 0 Å². The number of aromatic nitrogens is 2. The second-order valence-corrected chi connectivity index (χ2v) is 7.93. The van der Waals surface area contributed by atoms with Crippen LogP contribution in [-0.2, 0) is 11.3 Å². The van der Waals surface area contributed by atoms with Gasteiger partial charge < -0.3 is 10.1 Å². The van der Waals surface area contributed by atoms with Gasteiger partial charge in [0.25, 0.3) is 5.91 Å². The van der Waals surface area contributed by atoms with Gasteiger partial charge in [-0.15, -0.1) is 0 Å². The van der Waals surface area contributed by atoms with Gasteiger partial charge in [-0.3, -0.25) is 9.48 Å². The van der Waals surface area contributed by atoms with E-state index in [0.29, 0.717) is 24.8 Å². The molecule has 0 radical (unpaired) electrons. The maximum atomic E-state index is 12.7. The lowest BCUT2D eigenvalue weighted by atomic mass is 9.98. The Bertz CT molecular complexity index is 774. The molecule has 1 aromatic heterocycles. The molecule has 28 heavy (non-hydrogen) atoms. The average Bonchev–Trinajstić information content (AvgIpc) is 2.97. The SMILES string of the molecule is Cc1ccc(Cn2nc(C)c(C(=O)NCCCOC3CCCCC3)c2C)cc1. The van der Waals surface area contributed by atoms with Crippen LogP contribution < -0.4 is 5.32 Å². The molecule has 0 saturated heterocycles. The number of nitrogens with one attached hydrogen (secondary N) is 1. The maximum absolute atomic E-state index is 12.7. The Morgan fingerprint density at radius 3 is 2.57 bits per heavy atom. The number of benzene rings is 1. The Labute approximate surface area is 168 Å². The molecule has 1 saturated carbocycles. The zero-order valence-corrected chi connectivity index (χ0v) is 17.5. The summed E-state index contributed by atoms with van der Waals surface area (Å²) < 4.78 is 7.85. The number of hydrogen-bond acceptors (Lipinski definition) is 3. The predicted molar refractivity (Wildman–Crippen MR) is 112 cm³/mol. The van der Waals surface area contributed by atoms with E-state index in [-0.39, 0.29) is 5.91 Å². The average molecular weight is 384 g/mol. The fraction of sp³-hybridized carbons (Fsp3) is 0.565. The van der Waals surface area contributed by atoms with Crippen LogP contribution in [0, 0.1) is 20.8 Å². The van der Waals surface area contributed by atoms with E-state index in [1.54, 1.807) is 0 Å². The van der Waals surface area contributed by atoms with Crippen molar-refractivity contribution in [3.05, 3.63) is 52.3 Å². The molecule has 152 valence electrons. The van der Waals surface area contributed by atoms with Crippen molar-refractivity contribution in [3.63, 3.8) is 0 Å². The quantitative estimate of drug-likeness (QED) is 0.691. The van der Waals surface area contributed by atoms with E-state index in [1.807, 2.05) is 18.5 Å². The molecule has 0 aliphatic heterocycles. The Morgan fingerprint density at radius 1 is 1.14 bits per heavy atom. The predicted octanol–water partition coefficient (Wildman–Crippen LogP) is 4.33. The third-order valence-corrected chi connectivity index (χ3v) is 5.57. The van der Waals surface area contributed by atoms with Crippen molar-refractivity contribution in [1.29, 1.82) is 0 Å². The van der Waals surface area contributed by atoms with Crippen LogP contribution in [-0.4, -0.2) is 34.9 Å². The van der Waals surface area contributed by atoms with Crippen molar-refractivity contribution in [2.75, 3.05) is 13.2 Å². The summed E-state index contributed by atoms with van der Waals surface area (Å²) in [5.41, 5.74) is 4.81. The van der Waals surface area contributed by atoms with Gasteiger partial charge in [0.05, 0.1) is 23.9 Å². The number of rotatable bonds is 8. The molecule has 1 fully saturated rings. The van der Waals surface area contributed by atoms with E-state index in [1.165, 1.54) is 43.2 Å². The van der Waals surface area contributed by atoms with Crippen LogP contribution in [0.3, 0.4) is 0 Å². The second-order valence-electron chi connectivity index (χ2n) is 7.93. The Morgan fingerprint density at radius 2 is 1.86 bits per heavy atom. The summed E-state index contributed by atoms with van der Waals surface area (Å²) in [6.45, 7) is 7.98. The molecule has 1 N–H and O–H groups in total. The summed E-state index contributed by atoms with van der Waals surface area (Å²) >= 11 is 0. The van der Waals surface area contributed by atoms with Gasteiger partial charge in [0, 0.05) is 18.8 Å². The summed E-state index contributed by atoms with van der Waals surface area (Å²) in [6.07, 6.45) is 7.55. The summed E-state index contributed by atoms with van der Waals surface area (Å²) in [6, 6.07) is 8.42. The molecule has 1 heterocycles. The zero-order valence-electron chi connectivity index (χ0n) is 17.5. The summed E-state index contributed by atoms with van der Waals surface area (Å²) in [5, 5.41) is 7.62. The lowest BCUT2D eigenvalue weighted by Crippen LogP contribution is -2.27. The van der Waals surface area contributed by atoms with Gasteiger partial charge in [-0.05, 0) is 45.6 Å². The number of nitrogens with zero attached hydrogens (tertiary/aromatic N) is 2. The highest BCUT2D eigenvalue weighted by atomic mass is 16.5. The topological polar surface area (TPSA) is 56.2 Å². The molecule has 1 amide bonds. The van der Waals surface area contributed by atoms with Crippen LogP contribution in [0.15, 0.2) is 24.3 Å². The van der Waals surface area contributed by atoms with E-state index in [9.17, 15) is 4.79 Å². The first-order valence-electron chi connectivity index (χ1n) is 10.5. The first-order valence-corrected chi connectivity index (χ1v) is 10.5. The van der Waals surface area contributed by atoms with Crippen molar-refractivity contribution in [1.82, 2.24) is 15.1 Å². The third kappa shape index (κ3) is 5.44. The molecule has 5 nitrogen and oxygen atoms in total. The van der Waals surface area contributed by atoms with Crippen molar-refractivity contribution in [2.24, 2.45) is 0 Å². The van der Waals surface area contributed by atoms with E-state index >= 15 is 0 Å². The van der Waals surface area contributed by atoms with Gasteiger partial charge in [0.2, 0.25) is 0 Å². The molecular formula is C23H33N3O2. The number of hydrogen-bond donors (Lipinski definition) is 1. The molecule has 1 aromatic carbocycles. The normalized spacial score (nSPS) is 15.0. The highest BCUT2D eigenvalue weighted by molar-refractivity contribution is 5.96. The fourth-order valence-electron chi connectivity index (χ4n) is 3.89. The van der Waals surface area contributed by atoms with Gasteiger partial charge in [0.1, 0.15) is 0 Å². The zero-order chi connectivity index (χ0) is 19.9. The monoisotopic (exact) mass is 383 g/mol. The Balaban J connectivity index is 1.49. The van der Waals surface area contributed by atoms with Crippen molar-refractivity contribution in [2.45, 2.75) is 71.9 Å². The minimum atomic E-state index is -0.0391. The number of ether oxygens (including phenoxy) is 1. The Hall–Kier alpha value is -2.14. The molecule has 3 rings (SSSR count). The van der Waals surface area contributed by atoms with Gasteiger partial charge in [0.15, 0.2) is 0 Å². The Kier molecular flexibility index (Phi) is 7.26. The highest BCUT2D eigenvalue weighted by Crippen LogP contribution is 2.20. The van der Waals surface area contributed by atoms with E-state index in [2.05, 4.69) is 41.6 Å². The van der Waals surface area contributed by atoms with Crippen LogP contribution in [0.5, 0.6) is 0 Å². The van der Waals surface area contributed by atoms with Crippen molar-refractivity contribution < 1.29 is 9.53 Å². The molecule has 0 atom stereocenters. The molecule has 2 aromatic rings. The van der Waals surface area contributed by atoms with Crippen molar-refractivity contribution in [3.8, 4) is 0 Å². The first kappa shape index (κ1) is 20.6. The lowest BCUT2D eigenvalue weighted by Gasteiger charge is -2.21. The number of carbonyl (C=O) groups excluding carboxylic acids is 1. The number of carbonyl (C=O) groups is 1. The van der Waals surface area contributed by atoms with Gasteiger partial charge >= 0.3 is 0 Å². The molecule has 1 aliphatic carbocycles. The summed E-state index contributed by atoms with van der Waals surface area (Å²) in [5.74, 6) is -0.0391. The van der Waals surface area contributed by atoms with Crippen LogP contribution in [0.1, 0.15) is 71.4 Å². The number of amides is 1. The maximum Gasteiger partial charge on any atom is 0.255 e. The molecular weight excluding hydrogens is 350 g/mol. The standard InChI is InChI=1S/C23H33N3O2/c1-17-10-12-20(13-11-17)16-26-19(3)22(18(2)25-26)23(27)24-14-7-15-28-21-8-5-4-6-9-21/h10-13,21H,4-9,14-16H2,1-3H3,(H,24,27). The van der Waals surface area contributed by atoms with Gasteiger partial charge in [-0.25, -0.2) is 0 Å². The fourth-order valence-corrected chi connectivity index (χ4v) is 3.89. The van der Waals surface area contributed by atoms with Crippen LogP contribution in [0.2, 0.25) is 0 Å². The molecule has 5 heteroatoms. The summed E-state index contributed by atoms with van der Waals surface area (Å²) in [7, 11) is 0. The minimum absolute atomic E-state index is 0.0391. The summed E-state index contributed by atoms with van der Waals surface area (Å²) in [4.78, 5) is 12.7. The van der Waals surface area contributed by atoms with E-state index in [4.69, 9.17) is 4.74 Å². The molecule has 0 spiro atoms. The third-order valence-electron chi connectivity index (χ3n) is 5.57. The highest BCUT2D eigenvalue weighted by Gasteiger charge is 2.18. The van der Waals surface area contributed by atoms with Crippen LogP contribution in [0.4, 0.5) is 0 Å². The number of aryl methyl sites for hydroxylation is 2. The van der Waals surface area contributed by atoms with E-state index in [0.717, 1.165) is 24.4 Å². The molecule has 0 unspecified atom stereocenters. The van der Waals surface area contributed by atoms with Crippen LogP contribution in [0.25, 0.3) is 0 Å². The van der Waals surface area contributed by atoms with Gasteiger partial charge in [-0.1, -0.05) is 49.1 Å². The largest absolute Gasteiger partial charge is 0.378 e.